The maximum absolute atomic E-state index is 12.1. The third-order valence-electron chi connectivity index (χ3n) is 17.4. The number of hydrogen-bond acceptors (Lipinski definition) is 25. The van der Waals surface area contributed by atoms with Gasteiger partial charge in [0.1, 0.15) is 132 Å². The van der Waals surface area contributed by atoms with Gasteiger partial charge in [0.05, 0.1) is 48.5 Å². The summed E-state index contributed by atoms with van der Waals surface area (Å²) >= 11 is 13.8. The van der Waals surface area contributed by atoms with Gasteiger partial charge >= 0.3 is 42.9 Å². The number of hydrogen-bond donors (Lipinski definition) is 8. The molecular formula is C74H88BBr5MgN11O16. The molecule has 2 spiro atoms. The van der Waals surface area contributed by atoms with Crippen LogP contribution in [0.15, 0.2) is 156 Å². The number of ether oxygens (including phenoxy) is 9. The fraction of sp³-hybridized carbons (Fsp3) is 0.405. The predicted molar refractivity (Wildman–Crippen MR) is 419 cm³/mol. The first-order chi connectivity index (χ1) is 49.7. The number of aliphatic hydroxyl groups is 2. The second-order valence-electron chi connectivity index (χ2n) is 28.0. The van der Waals surface area contributed by atoms with Crippen molar-refractivity contribution in [1.82, 2.24) is 30.6 Å². The van der Waals surface area contributed by atoms with Crippen molar-refractivity contribution in [2.24, 2.45) is 27.2 Å². The van der Waals surface area contributed by atoms with Gasteiger partial charge in [-0.25, -0.2) is 39.5 Å². The molecule has 34 heteroatoms. The largest absolute Gasteiger partial charge is 2.00 e. The van der Waals surface area contributed by atoms with Crippen molar-refractivity contribution in [3.8, 4) is 45.6 Å². The van der Waals surface area contributed by atoms with Crippen LogP contribution in [0.2, 0.25) is 0 Å². The average Bonchev–Trinajstić information content (AvgIpc) is 1.64. The van der Waals surface area contributed by atoms with Crippen LogP contribution in [0.1, 0.15) is 90.1 Å². The number of rotatable bonds is 8. The first kappa shape index (κ1) is 89.8. The van der Waals surface area contributed by atoms with Crippen LogP contribution < -0.4 is 73.2 Å². The first-order valence-electron chi connectivity index (χ1n) is 33.3. The van der Waals surface area contributed by atoms with E-state index in [1.807, 2.05) is 92.7 Å². The van der Waals surface area contributed by atoms with Crippen LogP contribution in [-0.2, 0) is 55.8 Å². The summed E-state index contributed by atoms with van der Waals surface area (Å²) in [5.41, 5.74) is 19.7. The quantitative estimate of drug-likeness (QED) is 0.0440. The maximum Gasteiger partial charge on any atom is 2.00 e. The van der Waals surface area contributed by atoms with Gasteiger partial charge in [0, 0.05) is 49.2 Å². The average molecular weight is 1820 g/mol. The molecular weight excluding hydrogens is 1730 g/mol. The van der Waals surface area contributed by atoms with Gasteiger partial charge in [0.15, 0.2) is 0 Å². The van der Waals surface area contributed by atoms with Crippen LogP contribution >= 0.6 is 63.7 Å². The molecule has 7 aromatic rings. The van der Waals surface area contributed by atoms with Crippen molar-refractivity contribution in [1.29, 1.82) is 0 Å². The van der Waals surface area contributed by atoms with Crippen molar-refractivity contribution in [3.63, 3.8) is 0 Å². The number of alkyl carbamates (subject to hydrolysis) is 2. The van der Waals surface area contributed by atoms with Crippen molar-refractivity contribution in [2.45, 2.75) is 152 Å². The van der Waals surface area contributed by atoms with Crippen LogP contribution in [-0.4, -0.2) is 193 Å². The van der Waals surface area contributed by atoms with Gasteiger partial charge in [0.2, 0.25) is 0 Å². The molecule has 11 N–H and O–H groups in total. The summed E-state index contributed by atoms with van der Waals surface area (Å²) in [6.45, 7) is 17.8. The van der Waals surface area contributed by atoms with Gasteiger partial charge < -0.3 is 120 Å². The summed E-state index contributed by atoms with van der Waals surface area (Å²) < 4.78 is 58.4. The third kappa shape index (κ3) is 23.0. The normalized spacial score (nSPS) is 22.7. The summed E-state index contributed by atoms with van der Waals surface area (Å²) in [5, 5.41) is 32.9. The minimum Gasteiger partial charge on any atom is -1.00 e. The summed E-state index contributed by atoms with van der Waals surface area (Å²) in [7, 11) is 0.582. The molecule has 14 rings (SSSR count). The van der Waals surface area contributed by atoms with Gasteiger partial charge in [-0.2, -0.15) is 0 Å². The molecule has 27 nitrogen and oxygen atoms in total. The molecule has 2 aromatic heterocycles. The number of aliphatic imine (C=N–C) groups is 2. The smallest absolute Gasteiger partial charge is 1.00 e. The standard InChI is InChI=1S/C16H22BrNO4.C16H16N4O2.C15H18BrNO4.C12H13BrN2O2.C10H12BrNO2.C4H4BN2O2.CH3.BrH.Mg/c1-10(19)16(18-14(20)22-15(2,3)4)8-11-6-5-7-12(17)13(11)21-9-16;1-10-16(20-15(17)22-10)5-11-3-2-4-13(14(11)21-8-16)12-6-18-9-19-7-12;1-14(2,3)21-13(19)17-15(8-18)7-10-5-4-6-11(16)12(10)20-9-15;1-7-12(15-11(14)17-7)5-8-3-2-4-9(13)10(8)16-6-12;11-8-3-1-2-7-4-10(12,5-13)6-14-9(7)8;8-5-9-4-1-6-3-7-2-4;;;/h5-7,10,19H,8-9H2,1-4H3,(H,18,20);2-4,6-7,9-10H,5,8H2,1H3,(H2,17,20);4-6,8H,7,9H2,1-3H3,(H,17,19);2-4,7H,5-6H2,1H3,(H2,14,15);1-3,13H,4-6,12H2;1-3,8H;1H3;1H;/q;;;;;;-1;;+2/p-1. The Morgan fingerprint density at radius 1 is 0.602 bits per heavy atom. The van der Waals surface area contributed by atoms with Gasteiger partial charge in [-0.1, -0.05) is 66.7 Å². The molecule has 0 saturated heterocycles. The number of nitrogens with two attached hydrogens (primary N) is 3. The second kappa shape index (κ2) is 38.7. The Balaban J connectivity index is 0.000000205. The molecule has 0 bridgehead atoms. The fourth-order valence-corrected chi connectivity index (χ4v) is 14.1. The fourth-order valence-electron chi connectivity index (χ4n) is 12.0. The van der Waals surface area contributed by atoms with E-state index in [9.17, 15) is 19.5 Å². The van der Waals surface area contributed by atoms with E-state index in [0.717, 1.165) is 92.7 Å². The Labute approximate surface area is 689 Å². The Hall–Kier alpha value is -7.12. The Kier molecular flexibility index (Phi) is 32.2. The topological polar surface area (TPSA) is 383 Å². The van der Waals surface area contributed by atoms with E-state index in [1.165, 1.54) is 25.0 Å². The molecule has 1 radical (unpaired) electrons. The van der Waals surface area contributed by atoms with Crippen molar-refractivity contribution < 1.29 is 93.9 Å². The molecule has 108 heavy (non-hydrogen) atoms. The van der Waals surface area contributed by atoms with E-state index >= 15 is 0 Å². The van der Waals surface area contributed by atoms with E-state index in [1.54, 1.807) is 60.9 Å². The van der Waals surface area contributed by atoms with E-state index < -0.39 is 51.6 Å². The van der Waals surface area contributed by atoms with Crippen LogP contribution in [0.5, 0.6) is 34.5 Å². The molecule has 5 aromatic carbocycles. The predicted octanol–water partition coefficient (Wildman–Crippen LogP) is 6.81. The minimum absolute atomic E-state index is 0. The van der Waals surface area contributed by atoms with Gasteiger partial charge in [0.25, 0.3) is 12.0 Å². The minimum atomic E-state index is -1.10. The number of nitrogens with zero attached hydrogens (tertiary/aromatic N) is 6. The zero-order valence-electron chi connectivity index (χ0n) is 61.5. The summed E-state index contributed by atoms with van der Waals surface area (Å²) in [5.74, 6) is 4.51. The Bertz CT molecular complexity index is 4280. The van der Waals surface area contributed by atoms with E-state index in [4.69, 9.17) is 70.0 Å². The number of carbonyl (C=O) groups is 3. The van der Waals surface area contributed by atoms with E-state index in [2.05, 4.69) is 121 Å². The molecule has 8 unspecified atom stereocenters. The van der Waals surface area contributed by atoms with Gasteiger partial charge in [-0.3, -0.25) is 0 Å². The van der Waals surface area contributed by atoms with E-state index in [-0.39, 0.29) is 97.1 Å². The summed E-state index contributed by atoms with van der Waals surface area (Å²) in [6.07, 6.45) is 11.0. The zero-order valence-corrected chi connectivity index (χ0v) is 70.8. The van der Waals surface area contributed by atoms with Crippen molar-refractivity contribution >= 4 is 125 Å². The number of amides is 2. The molecule has 7 aliphatic heterocycles. The number of benzene rings is 5. The third-order valence-corrected chi connectivity index (χ3v) is 19.9. The maximum atomic E-state index is 12.1. The molecule has 8 atom stereocenters. The van der Waals surface area contributed by atoms with Crippen LogP contribution in [0.3, 0.4) is 0 Å². The number of aldehydes is 1. The van der Waals surface area contributed by atoms with Crippen molar-refractivity contribution in [2.75, 3.05) is 39.6 Å². The molecule has 9 heterocycles. The molecule has 0 aliphatic carbocycles. The number of aromatic nitrogens is 4. The molecule has 0 fully saturated rings. The second-order valence-corrected chi connectivity index (χ2v) is 31.4. The zero-order chi connectivity index (χ0) is 76.1. The first-order valence-corrected chi connectivity index (χ1v) is 36.5. The van der Waals surface area contributed by atoms with Crippen LogP contribution in [0, 0.1) is 7.43 Å². The van der Waals surface area contributed by atoms with Crippen LogP contribution in [0.25, 0.3) is 11.1 Å². The molecule has 7 aliphatic rings. The Morgan fingerprint density at radius 3 is 1.42 bits per heavy atom. The number of nitrogens with one attached hydrogen (secondary N) is 2. The summed E-state index contributed by atoms with van der Waals surface area (Å²) in [6, 6.07) is 29.8. The number of fused-ring (bicyclic) bond motifs is 5. The molecule has 0 saturated carbocycles. The number of aliphatic hydroxyl groups excluding tert-OH is 2. The number of carbonyl (C=O) groups excluding carboxylic acids is 3. The SMILES string of the molecule is CC(C)(C)OC(=O)NC1(C=O)COc2c(Br)cccc2C1.CC(O)C1(NC(=O)OC(C)(C)C)COc2c(Br)cccc2C1.CC1OC(N)=NC12COc1c(Br)cccc1C2.CC1OC(N)=NC12COc1c(cccc1-c1cncnc1)C2.NC1(CO)COc2c(Br)cccc2C1.O[B]Oc1cncnc1.[Br-].[CH3-].[Mg+2]. The van der Waals surface area contributed by atoms with Crippen molar-refractivity contribution in [3.05, 3.63) is 182 Å². The molecule has 2 amide bonds. The van der Waals surface area contributed by atoms with Crippen LogP contribution in [0.4, 0.5) is 9.59 Å². The van der Waals surface area contributed by atoms with Gasteiger partial charge in [-0.15, -0.1) is 0 Å². The number of para-hydroxylation sites is 5. The van der Waals surface area contributed by atoms with E-state index in [0.29, 0.717) is 64.6 Å². The number of halogens is 5. The Morgan fingerprint density at radius 2 is 0.991 bits per heavy atom. The monoisotopic (exact) mass is 1820 g/mol. The van der Waals surface area contributed by atoms with Gasteiger partial charge in [-0.05, 0) is 185 Å². The summed E-state index contributed by atoms with van der Waals surface area (Å²) in [4.78, 5) is 59.9. The molecule has 575 valence electrons. The number of amidine groups is 2.